The van der Waals surface area contributed by atoms with Gasteiger partial charge in [0.05, 0.1) is 7.11 Å². The van der Waals surface area contributed by atoms with Gasteiger partial charge >= 0.3 is 0 Å². The zero-order chi connectivity index (χ0) is 20.1. The molecule has 0 radical (unpaired) electrons. The fraction of sp³-hybridized carbons (Fsp3) is 0.0800. The van der Waals surface area contributed by atoms with Gasteiger partial charge in [0.1, 0.15) is 11.8 Å². The fourth-order valence-corrected chi connectivity index (χ4v) is 4.21. The Labute approximate surface area is 174 Å². The molecule has 0 fully saturated rings. The number of ether oxygens (including phenoxy) is 1. The molecule has 4 rings (SSSR count). The van der Waals surface area contributed by atoms with Crippen LogP contribution in [0.2, 0.25) is 0 Å². The highest BCUT2D eigenvalue weighted by Crippen LogP contribution is 2.34. The van der Waals surface area contributed by atoms with E-state index in [9.17, 15) is 4.79 Å². The number of rotatable bonds is 7. The second-order valence-corrected chi connectivity index (χ2v) is 7.53. The van der Waals surface area contributed by atoms with Crippen LogP contribution in [0, 0.1) is 0 Å². The predicted octanol–water partition coefficient (Wildman–Crippen LogP) is 6.46. The Hall–Kier alpha value is -3.37. The second-order valence-electron chi connectivity index (χ2n) is 6.61. The van der Waals surface area contributed by atoms with Crippen LogP contribution in [0.4, 0.5) is 5.69 Å². The second kappa shape index (κ2) is 8.76. The Morgan fingerprint density at radius 1 is 0.897 bits per heavy atom. The van der Waals surface area contributed by atoms with Gasteiger partial charge in [-0.1, -0.05) is 66.7 Å². The summed E-state index contributed by atoms with van der Waals surface area (Å²) in [6, 6.07) is 28.9. The van der Waals surface area contributed by atoms with Crippen LogP contribution in [0.25, 0.3) is 10.4 Å². The lowest BCUT2D eigenvalue weighted by Crippen LogP contribution is -2.21. The first-order chi connectivity index (χ1) is 14.3. The van der Waals surface area contributed by atoms with Gasteiger partial charge < -0.3 is 10.1 Å². The largest absolute Gasteiger partial charge is 0.497 e. The average molecular weight is 400 g/mol. The van der Waals surface area contributed by atoms with Gasteiger partial charge in [-0.2, -0.15) is 0 Å². The molecule has 0 spiro atoms. The fourth-order valence-electron chi connectivity index (χ4n) is 3.30. The van der Waals surface area contributed by atoms with Crippen molar-refractivity contribution in [3.8, 4) is 16.2 Å². The lowest BCUT2D eigenvalue weighted by Gasteiger charge is -2.20. The Morgan fingerprint density at radius 2 is 1.62 bits per heavy atom. The molecule has 29 heavy (non-hydrogen) atoms. The minimum Gasteiger partial charge on any atom is -0.497 e. The van der Waals surface area contributed by atoms with Gasteiger partial charge in [0.2, 0.25) is 0 Å². The number of anilines is 1. The highest BCUT2D eigenvalue weighted by atomic mass is 32.1. The highest BCUT2D eigenvalue weighted by Gasteiger charge is 2.25. The first-order valence-electron chi connectivity index (χ1n) is 9.39. The summed E-state index contributed by atoms with van der Waals surface area (Å²) in [5, 5.41) is 5.39. The minimum absolute atomic E-state index is 0.0409. The first kappa shape index (κ1) is 19.0. The number of thiophene rings is 1. The number of methoxy groups -OCH3 is 1. The molecule has 0 saturated carbocycles. The molecule has 1 aromatic heterocycles. The van der Waals surface area contributed by atoms with Crippen LogP contribution in [0.1, 0.15) is 22.0 Å². The maximum atomic E-state index is 13.7. The smallest absolute Gasteiger partial charge is 0.191 e. The van der Waals surface area contributed by atoms with Crippen molar-refractivity contribution in [1.29, 1.82) is 0 Å². The summed E-state index contributed by atoms with van der Waals surface area (Å²) in [5.41, 5.74) is 3.54. The van der Waals surface area contributed by atoms with Gasteiger partial charge in [0.15, 0.2) is 5.78 Å². The lowest BCUT2D eigenvalue weighted by atomic mass is 9.96. The molecule has 4 heteroatoms. The molecule has 1 heterocycles. The normalized spacial score (nSPS) is 11.6. The molecule has 0 aliphatic heterocycles. The van der Waals surface area contributed by atoms with Gasteiger partial charge in [0, 0.05) is 22.2 Å². The number of ketones is 1. The average Bonchev–Trinajstić information content (AvgIpc) is 3.28. The number of nitrogens with one attached hydrogen (secondary N) is 1. The number of benzene rings is 3. The molecule has 0 aliphatic carbocycles. The number of Topliss-reactive ketones (excluding diaryl/α,β-unsaturated/α-hetero) is 1. The van der Waals surface area contributed by atoms with Crippen molar-refractivity contribution in [1.82, 2.24) is 0 Å². The molecule has 144 valence electrons. The third-order valence-corrected chi connectivity index (χ3v) is 5.71. The van der Waals surface area contributed by atoms with Crippen molar-refractivity contribution in [2.45, 2.75) is 6.04 Å². The van der Waals surface area contributed by atoms with Crippen molar-refractivity contribution >= 4 is 22.8 Å². The molecule has 4 aromatic rings. The molecule has 1 N–H and O–H groups in total. The van der Waals surface area contributed by atoms with E-state index in [1.807, 2.05) is 96.4 Å². The number of hydrogen-bond donors (Lipinski definition) is 1. The highest BCUT2D eigenvalue weighted by molar-refractivity contribution is 7.14. The molecular formula is C25H21NO2S. The standard InChI is InChI=1S/C25H21NO2S/c1-28-21-14-8-13-20(17-21)26-23(18-9-4-2-5-10-18)24(27)22-15-16-29-25(22)19-11-6-3-7-12-19/h2-17,23,26H,1H3. The zero-order valence-electron chi connectivity index (χ0n) is 16.0. The summed E-state index contributed by atoms with van der Waals surface area (Å²) in [6.07, 6.45) is 0. The van der Waals surface area contributed by atoms with E-state index in [1.54, 1.807) is 18.4 Å². The van der Waals surface area contributed by atoms with E-state index in [0.717, 1.165) is 33.0 Å². The molecule has 0 saturated heterocycles. The molecule has 3 nitrogen and oxygen atoms in total. The summed E-state index contributed by atoms with van der Waals surface area (Å²) in [4.78, 5) is 14.7. The van der Waals surface area contributed by atoms with Gasteiger partial charge in [-0.25, -0.2) is 0 Å². The van der Waals surface area contributed by atoms with Crippen molar-refractivity contribution in [2.75, 3.05) is 12.4 Å². The Kier molecular flexibility index (Phi) is 5.73. The number of carbonyl (C=O) groups is 1. The van der Waals surface area contributed by atoms with Crippen LogP contribution < -0.4 is 10.1 Å². The molecular weight excluding hydrogens is 378 g/mol. The van der Waals surface area contributed by atoms with E-state index < -0.39 is 6.04 Å². The summed E-state index contributed by atoms with van der Waals surface area (Å²) in [6.45, 7) is 0. The van der Waals surface area contributed by atoms with Crippen LogP contribution in [0.3, 0.4) is 0 Å². The van der Waals surface area contributed by atoms with E-state index in [-0.39, 0.29) is 5.78 Å². The minimum atomic E-state index is -0.500. The van der Waals surface area contributed by atoms with E-state index in [1.165, 1.54) is 0 Å². The summed E-state index contributed by atoms with van der Waals surface area (Å²) in [7, 11) is 1.64. The monoisotopic (exact) mass is 399 g/mol. The van der Waals surface area contributed by atoms with Gasteiger partial charge in [-0.05, 0) is 34.7 Å². The SMILES string of the molecule is COc1cccc(NC(C(=O)c2ccsc2-c2ccccc2)c2ccccc2)c1. The summed E-state index contributed by atoms with van der Waals surface area (Å²) in [5.74, 6) is 0.786. The van der Waals surface area contributed by atoms with Crippen molar-refractivity contribution in [3.05, 3.63) is 108 Å². The van der Waals surface area contributed by atoms with Crippen LogP contribution in [-0.2, 0) is 0 Å². The van der Waals surface area contributed by atoms with Crippen LogP contribution >= 0.6 is 11.3 Å². The van der Waals surface area contributed by atoms with Crippen molar-refractivity contribution < 1.29 is 9.53 Å². The van der Waals surface area contributed by atoms with Crippen LogP contribution in [0.15, 0.2) is 96.4 Å². The van der Waals surface area contributed by atoms with E-state index in [0.29, 0.717) is 0 Å². The first-order valence-corrected chi connectivity index (χ1v) is 10.3. The zero-order valence-corrected chi connectivity index (χ0v) is 16.9. The Morgan fingerprint density at radius 3 is 2.34 bits per heavy atom. The third kappa shape index (κ3) is 4.23. The van der Waals surface area contributed by atoms with Crippen molar-refractivity contribution in [3.63, 3.8) is 0 Å². The van der Waals surface area contributed by atoms with Crippen LogP contribution in [0.5, 0.6) is 5.75 Å². The lowest BCUT2D eigenvalue weighted by molar-refractivity contribution is 0.0970. The van der Waals surface area contributed by atoms with Crippen LogP contribution in [-0.4, -0.2) is 12.9 Å². The van der Waals surface area contributed by atoms with E-state index in [2.05, 4.69) is 5.32 Å². The van der Waals surface area contributed by atoms with E-state index >= 15 is 0 Å². The summed E-state index contributed by atoms with van der Waals surface area (Å²) >= 11 is 1.59. The predicted molar refractivity (Wildman–Crippen MR) is 120 cm³/mol. The Bertz CT molecular complexity index is 1090. The molecule has 1 atom stereocenters. The summed E-state index contributed by atoms with van der Waals surface area (Å²) < 4.78 is 5.33. The molecule has 1 unspecified atom stereocenters. The number of hydrogen-bond acceptors (Lipinski definition) is 4. The molecule has 0 amide bonds. The maximum absolute atomic E-state index is 13.7. The molecule has 0 aliphatic rings. The topological polar surface area (TPSA) is 38.3 Å². The van der Waals surface area contributed by atoms with Gasteiger partial charge in [-0.3, -0.25) is 4.79 Å². The van der Waals surface area contributed by atoms with Crippen molar-refractivity contribution in [2.24, 2.45) is 0 Å². The quantitative estimate of drug-likeness (QED) is 0.362. The maximum Gasteiger partial charge on any atom is 0.191 e. The third-order valence-electron chi connectivity index (χ3n) is 4.74. The van der Waals surface area contributed by atoms with Gasteiger partial charge in [0.25, 0.3) is 0 Å². The van der Waals surface area contributed by atoms with E-state index in [4.69, 9.17) is 4.74 Å². The van der Waals surface area contributed by atoms with Gasteiger partial charge in [-0.15, -0.1) is 11.3 Å². The molecule has 3 aromatic carbocycles. The molecule has 0 bridgehead atoms. The Balaban J connectivity index is 1.72. The number of carbonyl (C=O) groups excluding carboxylic acids is 1.